The molecule has 1 N–H and O–H groups in total. The lowest BCUT2D eigenvalue weighted by molar-refractivity contribution is 0.500. The molecule has 116 valence electrons. The molecule has 3 rings (SSSR count). The molecule has 2 aliphatic rings. The van der Waals surface area contributed by atoms with Gasteiger partial charge in [-0.1, -0.05) is 28.1 Å². The van der Waals surface area contributed by atoms with Crippen LogP contribution in [-0.4, -0.2) is 19.2 Å². The summed E-state index contributed by atoms with van der Waals surface area (Å²) in [6.07, 6.45) is 3.12. The Balaban J connectivity index is 1.76. The first-order valence-corrected chi connectivity index (χ1v) is 9.71. The van der Waals surface area contributed by atoms with Gasteiger partial charge in [0.2, 0.25) is 10.0 Å². The number of hydrogen-bond acceptors (Lipinski definition) is 2. The molecule has 0 unspecified atom stereocenters. The smallest absolute Gasteiger partial charge is 0.212 e. The van der Waals surface area contributed by atoms with Gasteiger partial charge in [-0.05, 0) is 63.6 Å². The van der Waals surface area contributed by atoms with Crippen LogP contribution in [0.3, 0.4) is 0 Å². The van der Waals surface area contributed by atoms with Gasteiger partial charge in [0.15, 0.2) is 0 Å². The molecule has 21 heavy (non-hydrogen) atoms. The lowest BCUT2D eigenvalue weighted by Gasteiger charge is -2.23. The Hall–Kier alpha value is -0.390. The Labute approximate surface area is 135 Å². The molecule has 1 aromatic carbocycles. The van der Waals surface area contributed by atoms with E-state index in [-0.39, 0.29) is 11.5 Å². The second-order valence-electron chi connectivity index (χ2n) is 7.35. The zero-order valence-electron chi connectivity index (χ0n) is 12.7. The van der Waals surface area contributed by atoms with Gasteiger partial charge < -0.3 is 0 Å². The van der Waals surface area contributed by atoms with Gasteiger partial charge in [-0.2, -0.15) is 0 Å². The van der Waals surface area contributed by atoms with Gasteiger partial charge in [-0.3, -0.25) is 0 Å². The highest BCUT2D eigenvalue weighted by molar-refractivity contribution is 9.10. The number of fused-ring (bicyclic) bond motifs is 1. The van der Waals surface area contributed by atoms with Crippen molar-refractivity contribution in [2.75, 3.05) is 0 Å². The largest absolute Gasteiger partial charge is 0.216 e. The first kappa shape index (κ1) is 15.5. The van der Waals surface area contributed by atoms with Crippen LogP contribution in [0.2, 0.25) is 0 Å². The fourth-order valence-corrected chi connectivity index (χ4v) is 4.84. The van der Waals surface area contributed by atoms with Crippen molar-refractivity contribution in [3.05, 3.63) is 34.3 Å². The van der Waals surface area contributed by atoms with Crippen LogP contribution in [0, 0.1) is 5.92 Å². The molecular weight excluding hydrogens is 350 g/mol. The van der Waals surface area contributed by atoms with Crippen LogP contribution >= 0.6 is 15.9 Å². The molecular formula is C16H22BrNO2S. The molecule has 0 amide bonds. The van der Waals surface area contributed by atoms with Gasteiger partial charge >= 0.3 is 0 Å². The van der Waals surface area contributed by atoms with Crippen molar-refractivity contribution < 1.29 is 8.42 Å². The number of sulfonamides is 1. The van der Waals surface area contributed by atoms with Crippen LogP contribution in [0.5, 0.6) is 0 Å². The normalized spacial score (nSPS) is 32.0. The molecule has 2 fully saturated rings. The van der Waals surface area contributed by atoms with Crippen LogP contribution in [0.4, 0.5) is 0 Å². The average Bonchev–Trinajstić information content (AvgIpc) is 3.01. The number of nitrogens with one attached hydrogen (secondary N) is 1. The first-order chi connectivity index (χ1) is 9.66. The standard InChI is InChI=1S/C16H22BrNO2S/c1-15(2,3)21(19,20)18-14-8-9-16(10-13(14)16)11-4-6-12(17)7-5-11/h4-7,13-14,18H,8-10H2,1-3H3/t13-,14+,16-/m0/s1. The molecule has 0 saturated heterocycles. The summed E-state index contributed by atoms with van der Waals surface area (Å²) in [5, 5.41) is 0. The summed E-state index contributed by atoms with van der Waals surface area (Å²) in [5.41, 5.74) is 1.57. The van der Waals surface area contributed by atoms with Crippen molar-refractivity contribution in [2.45, 2.75) is 56.2 Å². The summed E-state index contributed by atoms with van der Waals surface area (Å²) in [5.74, 6) is 0.454. The third-order valence-electron chi connectivity index (χ3n) is 5.05. The van der Waals surface area contributed by atoms with E-state index in [1.165, 1.54) is 5.56 Å². The molecule has 0 bridgehead atoms. The highest BCUT2D eigenvalue weighted by Gasteiger charge is 2.63. The minimum absolute atomic E-state index is 0.0953. The van der Waals surface area contributed by atoms with Crippen LogP contribution in [0.25, 0.3) is 0 Å². The van der Waals surface area contributed by atoms with Crippen LogP contribution in [0.15, 0.2) is 28.7 Å². The summed E-state index contributed by atoms with van der Waals surface area (Å²) in [7, 11) is -3.26. The van der Waals surface area contributed by atoms with E-state index in [1.54, 1.807) is 20.8 Å². The van der Waals surface area contributed by atoms with E-state index < -0.39 is 14.8 Å². The van der Waals surface area contributed by atoms with Gasteiger partial charge in [0.1, 0.15) is 0 Å². The predicted molar refractivity (Wildman–Crippen MR) is 88.8 cm³/mol. The van der Waals surface area contributed by atoms with E-state index in [0.29, 0.717) is 5.92 Å². The second-order valence-corrected chi connectivity index (χ2v) is 10.7. The van der Waals surface area contributed by atoms with E-state index in [1.807, 2.05) is 0 Å². The Morgan fingerprint density at radius 2 is 1.86 bits per heavy atom. The highest BCUT2D eigenvalue weighted by atomic mass is 79.9. The quantitative estimate of drug-likeness (QED) is 0.882. The lowest BCUT2D eigenvalue weighted by atomic mass is 9.93. The maximum Gasteiger partial charge on any atom is 0.216 e. The Kier molecular flexibility index (Phi) is 3.54. The molecule has 0 aromatic heterocycles. The zero-order chi connectivity index (χ0) is 15.5. The summed E-state index contributed by atoms with van der Waals surface area (Å²) in [6, 6.07) is 8.59. The van der Waals surface area contributed by atoms with Crippen LogP contribution < -0.4 is 4.72 Å². The van der Waals surface area contributed by atoms with Crippen LogP contribution in [-0.2, 0) is 15.4 Å². The average molecular weight is 372 g/mol. The minimum atomic E-state index is -3.26. The second kappa shape index (κ2) is 4.80. The monoisotopic (exact) mass is 371 g/mol. The van der Waals surface area contributed by atoms with Crippen LogP contribution in [0.1, 0.15) is 45.6 Å². The molecule has 5 heteroatoms. The van der Waals surface area contributed by atoms with E-state index in [4.69, 9.17) is 0 Å². The first-order valence-electron chi connectivity index (χ1n) is 7.44. The molecule has 3 nitrogen and oxygen atoms in total. The summed E-state index contributed by atoms with van der Waals surface area (Å²) < 4.78 is 28.0. The fourth-order valence-electron chi connectivity index (χ4n) is 3.54. The highest BCUT2D eigenvalue weighted by Crippen LogP contribution is 2.64. The number of halogens is 1. The Bertz CT molecular complexity index is 648. The maximum absolute atomic E-state index is 12.3. The fraction of sp³-hybridized carbons (Fsp3) is 0.625. The molecule has 1 aromatic rings. The predicted octanol–water partition coefficient (Wildman–Crippen LogP) is 3.59. The van der Waals surface area contributed by atoms with E-state index in [2.05, 4.69) is 44.9 Å². The Morgan fingerprint density at radius 1 is 1.24 bits per heavy atom. The van der Waals surface area contributed by atoms with Gasteiger partial charge in [-0.25, -0.2) is 13.1 Å². The summed E-state index contributed by atoms with van der Waals surface area (Å²) in [4.78, 5) is 0. The Morgan fingerprint density at radius 3 is 2.38 bits per heavy atom. The van der Waals surface area contributed by atoms with Gasteiger partial charge in [0, 0.05) is 15.9 Å². The molecule has 0 spiro atoms. The van der Waals surface area contributed by atoms with Gasteiger partial charge in [0.05, 0.1) is 4.75 Å². The number of hydrogen-bond donors (Lipinski definition) is 1. The van der Waals surface area contributed by atoms with E-state index in [9.17, 15) is 8.42 Å². The van der Waals surface area contributed by atoms with E-state index in [0.717, 1.165) is 23.7 Å². The molecule has 0 heterocycles. The van der Waals surface area contributed by atoms with Crippen molar-refractivity contribution in [3.8, 4) is 0 Å². The molecule has 2 aliphatic carbocycles. The van der Waals surface area contributed by atoms with Crippen molar-refractivity contribution in [1.29, 1.82) is 0 Å². The van der Waals surface area contributed by atoms with E-state index >= 15 is 0 Å². The minimum Gasteiger partial charge on any atom is -0.212 e. The van der Waals surface area contributed by atoms with Gasteiger partial charge in [-0.15, -0.1) is 0 Å². The third kappa shape index (κ3) is 2.57. The summed E-state index contributed by atoms with van der Waals surface area (Å²) >= 11 is 3.47. The van der Waals surface area contributed by atoms with Crippen molar-refractivity contribution in [3.63, 3.8) is 0 Å². The topological polar surface area (TPSA) is 46.2 Å². The molecule has 3 atom stereocenters. The zero-order valence-corrected chi connectivity index (χ0v) is 15.1. The molecule has 2 saturated carbocycles. The summed E-state index contributed by atoms with van der Waals surface area (Å²) in [6.45, 7) is 5.25. The SMILES string of the molecule is CC(C)(C)S(=O)(=O)N[C@@H]1CC[C@@]2(c3ccc(Br)cc3)C[C@@H]12. The van der Waals surface area contributed by atoms with Gasteiger partial charge in [0.25, 0.3) is 0 Å². The maximum atomic E-state index is 12.3. The van der Waals surface area contributed by atoms with Crippen molar-refractivity contribution in [2.24, 2.45) is 5.92 Å². The van der Waals surface area contributed by atoms with Crippen molar-refractivity contribution >= 4 is 26.0 Å². The number of benzene rings is 1. The number of rotatable bonds is 3. The molecule has 0 aliphatic heterocycles. The van der Waals surface area contributed by atoms with Crippen molar-refractivity contribution in [1.82, 2.24) is 4.72 Å². The lowest BCUT2D eigenvalue weighted by Crippen LogP contribution is -2.44. The third-order valence-corrected chi connectivity index (χ3v) is 7.81. The molecule has 0 radical (unpaired) electrons.